The summed E-state index contributed by atoms with van der Waals surface area (Å²) in [6.07, 6.45) is -4.54. The first-order chi connectivity index (χ1) is 13.7. The maximum absolute atomic E-state index is 14.0. The summed E-state index contributed by atoms with van der Waals surface area (Å²) in [5, 5.41) is 9.22. The number of carboxylic acids is 1. The highest BCUT2D eigenvalue weighted by Crippen LogP contribution is 2.31. The van der Waals surface area contributed by atoms with E-state index in [1.54, 1.807) is 26.0 Å². The number of Topliss-reactive ketones (excluding diaryl/α,β-unsaturated/α-hetero) is 1. The summed E-state index contributed by atoms with van der Waals surface area (Å²) < 4.78 is 57.5. The van der Waals surface area contributed by atoms with Crippen molar-refractivity contribution >= 4 is 11.8 Å². The number of halogens is 4. The molecule has 0 aromatic heterocycles. The Hall–Kier alpha value is -2.90. The maximum Gasteiger partial charge on any atom is 0.416 e. The van der Waals surface area contributed by atoms with Crippen LogP contribution in [0.15, 0.2) is 30.3 Å². The lowest BCUT2D eigenvalue weighted by Gasteiger charge is -2.24. The van der Waals surface area contributed by atoms with Gasteiger partial charge in [-0.2, -0.15) is 13.2 Å². The lowest BCUT2D eigenvalue weighted by Crippen LogP contribution is -2.38. The van der Waals surface area contributed by atoms with E-state index in [0.29, 0.717) is 29.0 Å². The molecular weight excluding hydrogens is 404 g/mol. The molecule has 0 heterocycles. The van der Waals surface area contributed by atoms with Crippen molar-refractivity contribution in [1.82, 2.24) is 0 Å². The molecule has 0 atom stereocenters. The molecule has 2 aromatic rings. The van der Waals surface area contributed by atoms with Crippen molar-refractivity contribution in [3.8, 4) is 5.75 Å². The molecule has 30 heavy (non-hydrogen) atoms. The zero-order chi connectivity index (χ0) is 22.9. The molecule has 0 aliphatic heterocycles. The van der Waals surface area contributed by atoms with Gasteiger partial charge in [0.1, 0.15) is 11.6 Å². The van der Waals surface area contributed by atoms with Gasteiger partial charge in [0, 0.05) is 6.42 Å². The topological polar surface area (TPSA) is 63.6 Å². The number of hydrogen-bond acceptors (Lipinski definition) is 3. The van der Waals surface area contributed by atoms with Crippen LogP contribution in [0.5, 0.6) is 5.75 Å². The molecule has 0 fully saturated rings. The Morgan fingerprint density at radius 1 is 1.03 bits per heavy atom. The fourth-order valence-electron chi connectivity index (χ4n) is 2.95. The third kappa shape index (κ3) is 5.37. The molecule has 8 heteroatoms. The van der Waals surface area contributed by atoms with E-state index in [9.17, 15) is 32.3 Å². The third-order valence-electron chi connectivity index (χ3n) is 4.63. The van der Waals surface area contributed by atoms with Gasteiger partial charge in [-0.15, -0.1) is 0 Å². The number of ketones is 1. The number of rotatable bonds is 7. The monoisotopic (exact) mass is 426 g/mol. The van der Waals surface area contributed by atoms with Crippen molar-refractivity contribution in [1.29, 1.82) is 0 Å². The molecule has 2 aromatic carbocycles. The molecule has 0 saturated heterocycles. The maximum atomic E-state index is 14.0. The highest BCUT2D eigenvalue weighted by Gasteiger charge is 2.32. The summed E-state index contributed by atoms with van der Waals surface area (Å²) in [6, 6.07) is 5.31. The normalized spacial score (nSPS) is 12.0. The van der Waals surface area contributed by atoms with E-state index in [4.69, 9.17) is 4.74 Å². The van der Waals surface area contributed by atoms with Gasteiger partial charge in [-0.1, -0.05) is 12.1 Å². The number of ether oxygens (including phenoxy) is 1. The highest BCUT2D eigenvalue weighted by molar-refractivity contribution is 5.96. The van der Waals surface area contributed by atoms with Crippen LogP contribution in [-0.2, 0) is 17.4 Å². The minimum absolute atomic E-state index is 0.0953. The molecule has 0 spiro atoms. The van der Waals surface area contributed by atoms with Crippen molar-refractivity contribution in [2.24, 2.45) is 0 Å². The van der Waals surface area contributed by atoms with E-state index in [2.05, 4.69) is 0 Å². The van der Waals surface area contributed by atoms with Gasteiger partial charge in [-0.3, -0.25) is 4.79 Å². The number of aliphatic carboxylic acids is 1. The van der Waals surface area contributed by atoms with Crippen molar-refractivity contribution in [3.05, 3.63) is 64.0 Å². The molecule has 2 rings (SSSR count). The number of carbonyl (C=O) groups is 2. The van der Waals surface area contributed by atoms with E-state index < -0.39 is 34.9 Å². The molecular formula is C22H22F4O4. The SMILES string of the molecule is Cc1cc(CCC(=O)c2ccc(C(F)(F)F)cc2F)cc(C)c1OC(C)(C)C(=O)O. The predicted octanol–water partition coefficient (Wildman–Crippen LogP) is 5.52. The summed E-state index contributed by atoms with van der Waals surface area (Å²) in [6.45, 7) is 6.33. The number of benzene rings is 2. The first kappa shape index (κ1) is 23.4. The summed E-state index contributed by atoms with van der Waals surface area (Å²) in [7, 11) is 0. The fourth-order valence-corrected chi connectivity index (χ4v) is 2.95. The first-order valence-electron chi connectivity index (χ1n) is 9.15. The molecule has 0 amide bonds. The minimum atomic E-state index is -4.68. The van der Waals surface area contributed by atoms with Gasteiger partial charge < -0.3 is 9.84 Å². The zero-order valence-electron chi connectivity index (χ0n) is 17.0. The fraction of sp³-hybridized carbons (Fsp3) is 0.364. The number of aryl methyl sites for hydroxylation is 3. The molecule has 0 aliphatic rings. The Bertz CT molecular complexity index is 955. The van der Waals surface area contributed by atoms with Crippen LogP contribution < -0.4 is 4.74 Å². The smallest absolute Gasteiger partial charge is 0.416 e. The lowest BCUT2D eigenvalue weighted by atomic mass is 9.98. The quantitative estimate of drug-likeness (QED) is 0.468. The van der Waals surface area contributed by atoms with Gasteiger partial charge in [0.05, 0.1) is 11.1 Å². The van der Waals surface area contributed by atoms with Crippen LogP contribution in [0.4, 0.5) is 17.6 Å². The Labute approximate surface area is 171 Å². The van der Waals surface area contributed by atoms with E-state index >= 15 is 0 Å². The standard InChI is InChI=1S/C22H22F4O4/c1-12-9-14(10-13(2)19(12)30-21(3,4)20(28)29)5-8-18(27)16-7-6-15(11-17(16)23)22(24,25)26/h6-7,9-11H,5,8H2,1-4H3,(H,28,29). The Kier molecular flexibility index (Phi) is 6.59. The summed E-state index contributed by atoms with van der Waals surface area (Å²) in [5.74, 6) is -2.51. The first-order valence-corrected chi connectivity index (χ1v) is 9.15. The molecule has 0 saturated carbocycles. The van der Waals surface area contributed by atoms with Crippen LogP contribution in [0.3, 0.4) is 0 Å². The highest BCUT2D eigenvalue weighted by atomic mass is 19.4. The Morgan fingerprint density at radius 2 is 1.60 bits per heavy atom. The van der Waals surface area contributed by atoms with Gasteiger partial charge >= 0.3 is 12.1 Å². The Morgan fingerprint density at radius 3 is 2.07 bits per heavy atom. The van der Waals surface area contributed by atoms with E-state index in [0.717, 1.165) is 11.6 Å². The predicted molar refractivity (Wildman–Crippen MR) is 102 cm³/mol. The van der Waals surface area contributed by atoms with E-state index in [-0.39, 0.29) is 18.4 Å². The van der Waals surface area contributed by atoms with Crippen molar-refractivity contribution in [3.63, 3.8) is 0 Å². The largest absolute Gasteiger partial charge is 0.478 e. The lowest BCUT2D eigenvalue weighted by molar-refractivity contribution is -0.152. The molecule has 1 N–H and O–H groups in total. The Balaban J connectivity index is 2.15. The van der Waals surface area contributed by atoms with Gasteiger partial charge in [0.15, 0.2) is 11.4 Å². The second-order valence-electron chi connectivity index (χ2n) is 7.59. The van der Waals surface area contributed by atoms with E-state index in [1.165, 1.54) is 13.8 Å². The van der Waals surface area contributed by atoms with Gasteiger partial charge in [-0.05, 0) is 69.0 Å². The average Bonchev–Trinajstić information content (AvgIpc) is 2.61. The molecule has 162 valence electrons. The van der Waals surface area contributed by atoms with Crippen LogP contribution in [-0.4, -0.2) is 22.5 Å². The van der Waals surface area contributed by atoms with Crippen molar-refractivity contribution < 1.29 is 37.0 Å². The number of hydrogen-bond donors (Lipinski definition) is 1. The van der Waals surface area contributed by atoms with Crippen LogP contribution in [0.2, 0.25) is 0 Å². The van der Waals surface area contributed by atoms with Gasteiger partial charge in [-0.25, -0.2) is 9.18 Å². The third-order valence-corrected chi connectivity index (χ3v) is 4.63. The molecule has 0 radical (unpaired) electrons. The van der Waals surface area contributed by atoms with Crippen LogP contribution in [0, 0.1) is 19.7 Å². The molecule has 0 bridgehead atoms. The summed E-state index contributed by atoms with van der Waals surface area (Å²) >= 11 is 0. The molecule has 0 unspecified atom stereocenters. The number of carboxylic acid groups (broad SMARTS) is 1. The van der Waals surface area contributed by atoms with Crippen molar-refractivity contribution in [2.45, 2.75) is 52.3 Å². The number of carbonyl (C=O) groups excluding carboxylic acids is 1. The molecule has 4 nitrogen and oxygen atoms in total. The zero-order valence-corrected chi connectivity index (χ0v) is 17.0. The second kappa shape index (κ2) is 8.45. The second-order valence-corrected chi connectivity index (χ2v) is 7.59. The van der Waals surface area contributed by atoms with Gasteiger partial charge in [0.2, 0.25) is 0 Å². The van der Waals surface area contributed by atoms with Crippen LogP contribution >= 0.6 is 0 Å². The minimum Gasteiger partial charge on any atom is -0.478 e. The summed E-state index contributed by atoms with van der Waals surface area (Å²) in [5.41, 5.74) is -0.874. The summed E-state index contributed by atoms with van der Waals surface area (Å²) in [4.78, 5) is 23.6. The van der Waals surface area contributed by atoms with Crippen LogP contribution in [0.25, 0.3) is 0 Å². The van der Waals surface area contributed by atoms with Crippen LogP contribution in [0.1, 0.15) is 52.9 Å². The van der Waals surface area contributed by atoms with Crippen molar-refractivity contribution in [2.75, 3.05) is 0 Å². The average molecular weight is 426 g/mol. The van der Waals surface area contributed by atoms with Gasteiger partial charge in [0.25, 0.3) is 0 Å². The number of alkyl halides is 3. The molecule has 0 aliphatic carbocycles. The van der Waals surface area contributed by atoms with E-state index in [1.807, 2.05) is 0 Å².